The summed E-state index contributed by atoms with van der Waals surface area (Å²) in [6.07, 6.45) is 5.42. The number of carbonyl (C=O) groups excluding carboxylic acids is 1. The van der Waals surface area contributed by atoms with Gasteiger partial charge in [-0.15, -0.1) is 0 Å². The van der Waals surface area contributed by atoms with Gasteiger partial charge in [0, 0.05) is 30.5 Å². The van der Waals surface area contributed by atoms with Crippen LogP contribution in [0.1, 0.15) is 33.0 Å². The lowest BCUT2D eigenvalue weighted by Crippen LogP contribution is -2.31. The average Bonchev–Trinajstić information content (AvgIpc) is 3.24. The second kappa shape index (κ2) is 9.12. The molecule has 0 bridgehead atoms. The topological polar surface area (TPSA) is 84.0 Å². The highest BCUT2D eigenvalue weighted by Gasteiger charge is 2.19. The van der Waals surface area contributed by atoms with E-state index in [2.05, 4.69) is 37.2 Å². The van der Waals surface area contributed by atoms with Crippen LogP contribution in [0.4, 0.5) is 5.82 Å². The maximum Gasteiger partial charge on any atom is 0.376 e. The van der Waals surface area contributed by atoms with Gasteiger partial charge in [-0.25, -0.2) is 14.8 Å². The van der Waals surface area contributed by atoms with Crippen LogP contribution in [0.15, 0.2) is 42.7 Å². The van der Waals surface area contributed by atoms with Crippen molar-refractivity contribution in [2.75, 3.05) is 25.1 Å². The largest absolute Gasteiger partial charge is 0.463 e. The molecule has 146 valence electrons. The molecular formula is C21H25N5O2. The summed E-state index contributed by atoms with van der Waals surface area (Å²) in [5.41, 5.74) is 4.13. The fraction of sp³-hybridized carbons (Fsp3) is 0.333. The van der Waals surface area contributed by atoms with Gasteiger partial charge in [-0.3, -0.25) is 5.10 Å². The van der Waals surface area contributed by atoms with Crippen molar-refractivity contribution in [1.82, 2.24) is 20.2 Å². The van der Waals surface area contributed by atoms with Crippen LogP contribution in [0.25, 0.3) is 0 Å². The summed E-state index contributed by atoms with van der Waals surface area (Å²) in [5, 5.41) is 6.86. The molecule has 0 fully saturated rings. The molecule has 1 aromatic carbocycles. The highest BCUT2D eigenvalue weighted by molar-refractivity contribution is 5.85. The highest BCUT2D eigenvalue weighted by atomic mass is 16.5. The van der Waals surface area contributed by atoms with Crippen LogP contribution >= 0.6 is 0 Å². The Labute approximate surface area is 164 Å². The lowest BCUT2D eigenvalue weighted by molar-refractivity contribution is 0.0586. The van der Waals surface area contributed by atoms with E-state index < -0.39 is 5.97 Å². The molecule has 0 unspecified atom stereocenters. The van der Waals surface area contributed by atoms with Crippen molar-refractivity contribution in [2.45, 2.75) is 26.7 Å². The SMILES string of the molecule is COC(=O)c1nc(C)c(C)c(N(CCc2ccccc2)CCc2cn[nH]c2)n1. The van der Waals surface area contributed by atoms with Gasteiger partial charge in [-0.2, -0.15) is 5.10 Å². The number of benzene rings is 1. The van der Waals surface area contributed by atoms with E-state index in [9.17, 15) is 4.79 Å². The number of nitrogens with zero attached hydrogens (tertiary/aromatic N) is 4. The number of nitrogens with one attached hydrogen (secondary N) is 1. The first kappa shape index (κ1) is 19.5. The van der Waals surface area contributed by atoms with Crippen LogP contribution in [0, 0.1) is 13.8 Å². The highest BCUT2D eigenvalue weighted by Crippen LogP contribution is 2.21. The Kier molecular flexibility index (Phi) is 6.37. The minimum absolute atomic E-state index is 0.0913. The predicted molar refractivity (Wildman–Crippen MR) is 107 cm³/mol. The third-order valence-corrected chi connectivity index (χ3v) is 4.77. The second-order valence-electron chi connectivity index (χ2n) is 6.65. The smallest absolute Gasteiger partial charge is 0.376 e. The van der Waals surface area contributed by atoms with Crippen LogP contribution < -0.4 is 4.90 Å². The zero-order valence-electron chi connectivity index (χ0n) is 16.5. The molecule has 0 saturated carbocycles. The Hall–Kier alpha value is -3.22. The quantitative estimate of drug-likeness (QED) is 0.606. The molecule has 0 aliphatic carbocycles. The van der Waals surface area contributed by atoms with Gasteiger partial charge in [-0.05, 0) is 37.8 Å². The number of hydrogen-bond donors (Lipinski definition) is 1. The summed E-state index contributed by atoms with van der Waals surface area (Å²) in [5.74, 6) is 0.336. The standard InChI is InChI=1S/C21H25N5O2/c1-15-16(2)24-19(21(27)28-3)25-20(15)26(12-10-18-13-22-23-14-18)11-9-17-7-5-4-6-8-17/h4-8,13-14H,9-12H2,1-3H3,(H,22,23). The fourth-order valence-corrected chi connectivity index (χ4v) is 3.01. The molecule has 3 aromatic rings. The molecule has 28 heavy (non-hydrogen) atoms. The van der Waals surface area contributed by atoms with Crippen molar-refractivity contribution >= 4 is 11.8 Å². The number of aromatic amines is 1. The van der Waals surface area contributed by atoms with Crippen molar-refractivity contribution in [3.8, 4) is 0 Å². The van der Waals surface area contributed by atoms with Gasteiger partial charge >= 0.3 is 5.97 Å². The van der Waals surface area contributed by atoms with Crippen LogP contribution in [0.5, 0.6) is 0 Å². The number of rotatable bonds is 8. The summed E-state index contributed by atoms with van der Waals surface area (Å²) in [6.45, 7) is 5.40. The van der Waals surface area contributed by atoms with E-state index in [1.165, 1.54) is 12.7 Å². The molecule has 0 aliphatic heterocycles. The molecule has 2 aromatic heterocycles. The van der Waals surface area contributed by atoms with Crippen LogP contribution in [-0.2, 0) is 17.6 Å². The van der Waals surface area contributed by atoms with Crippen LogP contribution in [0.2, 0.25) is 0 Å². The van der Waals surface area contributed by atoms with Gasteiger partial charge in [-0.1, -0.05) is 30.3 Å². The molecule has 0 atom stereocenters. The molecule has 0 saturated heterocycles. The molecular weight excluding hydrogens is 354 g/mol. The number of H-pyrrole nitrogens is 1. The van der Waals surface area contributed by atoms with Crippen LogP contribution in [0.3, 0.4) is 0 Å². The maximum absolute atomic E-state index is 12.0. The van der Waals surface area contributed by atoms with E-state index in [0.717, 1.165) is 48.6 Å². The Morgan fingerprint density at radius 3 is 2.43 bits per heavy atom. The van der Waals surface area contributed by atoms with Crippen molar-refractivity contribution in [2.24, 2.45) is 0 Å². The van der Waals surface area contributed by atoms with Gasteiger partial charge in [0.15, 0.2) is 0 Å². The first-order valence-corrected chi connectivity index (χ1v) is 9.28. The Morgan fingerprint density at radius 1 is 1.07 bits per heavy atom. The fourth-order valence-electron chi connectivity index (χ4n) is 3.01. The molecule has 7 heteroatoms. The minimum Gasteiger partial charge on any atom is -0.463 e. The van der Waals surface area contributed by atoms with Gasteiger partial charge < -0.3 is 9.64 Å². The number of aryl methyl sites for hydroxylation is 1. The summed E-state index contributed by atoms with van der Waals surface area (Å²) >= 11 is 0. The zero-order valence-corrected chi connectivity index (χ0v) is 16.5. The molecule has 0 radical (unpaired) electrons. The van der Waals surface area contributed by atoms with Gasteiger partial charge in [0.1, 0.15) is 5.82 Å². The van der Waals surface area contributed by atoms with Gasteiger partial charge in [0.2, 0.25) is 5.82 Å². The van der Waals surface area contributed by atoms with Crippen LogP contribution in [-0.4, -0.2) is 46.3 Å². The summed E-state index contributed by atoms with van der Waals surface area (Å²) in [4.78, 5) is 23.0. The normalized spacial score (nSPS) is 10.7. The number of anilines is 1. The Morgan fingerprint density at radius 2 is 1.79 bits per heavy atom. The molecule has 1 N–H and O–H groups in total. The molecule has 3 rings (SSSR count). The van der Waals surface area contributed by atoms with E-state index in [-0.39, 0.29) is 5.82 Å². The summed E-state index contributed by atoms with van der Waals surface area (Å²) in [7, 11) is 1.34. The second-order valence-corrected chi connectivity index (χ2v) is 6.65. The van der Waals surface area contributed by atoms with Gasteiger partial charge in [0.25, 0.3) is 0 Å². The number of esters is 1. The average molecular weight is 379 g/mol. The van der Waals surface area contributed by atoms with E-state index in [4.69, 9.17) is 4.74 Å². The maximum atomic E-state index is 12.0. The molecule has 0 spiro atoms. The van der Waals surface area contributed by atoms with E-state index in [1.807, 2.05) is 44.4 Å². The number of aromatic nitrogens is 4. The zero-order chi connectivity index (χ0) is 19.9. The number of methoxy groups -OCH3 is 1. The van der Waals surface area contributed by atoms with E-state index >= 15 is 0 Å². The van der Waals surface area contributed by atoms with Crippen molar-refractivity contribution in [3.63, 3.8) is 0 Å². The summed E-state index contributed by atoms with van der Waals surface area (Å²) < 4.78 is 4.82. The predicted octanol–water partition coefficient (Wildman–Crippen LogP) is 2.89. The van der Waals surface area contributed by atoms with E-state index in [1.54, 1.807) is 0 Å². The number of hydrogen-bond acceptors (Lipinski definition) is 6. The molecule has 0 amide bonds. The first-order valence-electron chi connectivity index (χ1n) is 9.28. The monoisotopic (exact) mass is 379 g/mol. The third-order valence-electron chi connectivity index (χ3n) is 4.77. The third kappa shape index (κ3) is 4.73. The van der Waals surface area contributed by atoms with Crippen molar-refractivity contribution in [1.29, 1.82) is 0 Å². The Bertz CT molecular complexity index is 910. The minimum atomic E-state index is -0.526. The number of carbonyl (C=O) groups is 1. The van der Waals surface area contributed by atoms with Crippen molar-refractivity contribution < 1.29 is 9.53 Å². The number of ether oxygens (including phenoxy) is 1. The first-order chi connectivity index (χ1) is 13.6. The van der Waals surface area contributed by atoms with Gasteiger partial charge in [0.05, 0.1) is 13.3 Å². The lowest BCUT2D eigenvalue weighted by atomic mass is 10.1. The van der Waals surface area contributed by atoms with Crippen molar-refractivity contribution in [3.05, 3.63) is 70.9 Å². The molecule has 2 heterocycles. The lowest BCUT2D eigenvalue weighted by Gasteiger charge is -2.26. The Balaban J connectivity index is 1.88. The summed E-state index contributed by atoms with van der Waals surface area (Å²) in [6, 6.07) is 10.3. The molecule has 0 aliphatic rings. The molecule has 7 nitrogen and oxygen atoms in total. The van der Waals surface area contributed by atoms with E-state index in [0.29, 0.717) is 0 Å².